The molecule has 0 amide bonds. The summed E-state index contributed by atoms with van der Waals surface area (Å²) >= 11 is 0. The summed E-state index contributed by atoms with van der Waals surface area (Å²) in [6.45, 7) is 3.69. The average molecular weight is 349 g/mol. The molecule has 0 bridgehead atoms. The van der Waals surface area contributed by atoms with E-state index in [9.17, 15) is 4.79 Å². The quantitative estimate of drug-likeness (QED) is 0.433. The van der Waals surface area contributed by atoms with Crippen molar-refractivity contribution in [3.05, 3.63) is 76.1 Å². The van der Waals surface area contributed by atoms with E-state index in [2.05, 4.69) is 9.98 Å². The predicted octanol–water partition coefficient (Wildman–Crippen LogP) is 3.88. The number of nitrogens with two attached hydrogens (primary N) is 1. The molecular weight excluding hydrogens is 326 g/mol. The van der Waals surface area contributed by atoms with Gasteiger partial charge < -0.3 is 10.2 Å². The highest BCUT2D eigenvalue weighted by Gasteiger charge is 2.03. The maximum absolute atomic E-state index is 11.1. The number of hydrogen-bond acceptors (Lipinski definition) is 5. The molecule has 1 heterocycles. The lowest BCUT2D eigenvalue weighted by atomic mass is 10.1. The molecule has 0 saturated heterocycles. The van der Waals surface area contributed by atoms with Crippen molar-refractivity contribution < 1.29 is 4.42 Å². The van der Waals surface area contributed by atoms with Crippen molar-refractivity contribution in [2.24, 2.45) is 9.98 Å². The van der Waals surface area contributed by atoms with Crippen molar-refractivity contribution in [3.8, 4) is 0 Å². The van der Waals surface area contributed by atoms with Crippen molar-refractivity contribution in [2.45, 2.75) is 13.8 Å². The standard InChI is InChI=1S/C11H14N2.C10H9NO2/c1-9(12-2)11(13-3)10-7-5-4-6-8-10;1-6-4-7-2-3-8(11)5-9(7)13-10(6)12/h4-8H,1-3H3;2-5H,11H2,1H3. The Morgan fingerprint density at radius 3 is 2.31 bits per heavy atom. The Morgan fingerprint density at radius 1 is 1.00 bits per heavy atom. The van der Waals surface area contributed by atoms with E-state index < -0.39 is 0 Å². The topological polar surface area (TPSA) is 80.9 Å². The van der Waals surface area contributed by atoms with Gasteiger partial charge in [0, 0.05) is 42.4 Å². The van der Waals surface area contributed by atoms with Crippen LogP contribution in [0.1, 0.15) is 18.1 Å². The number of rotatable bonds is 2. The number of nitrogens with zero attached hydrogens (tertiary/aromatic N) is 2. The summed E-state index contributed by atoms with van der Waals surface area (Å²) in [5.41, 5.74) is 10.0. The summed E-state index contributed by atoms with van der Waals surface area (Å²) in [6, 6.07) is 17.1. The van der Waals surface area contributed by atoms with Gasteiger partial charge >= 0.3 is 5.63 Å². The first-order valence-corrected chi connectivity index (χ1v) is 8.22. The fourth-order valence-electron chi connectivity index (χ4n) is 2.43. The minimum atomic E-state index is -0.307. The molecule has 0 saturated carbocycles. The van der Waals surface area contributed by atoms with E-state index in [0.29, 0.717) is 16.8 Å². The molecule has 2 N–H and O–H groups in total. The number of aryl methyl sites for hydroxylation is 1. The second-order valence-electron chi connectivity index (χ2n) is 5.76. The highest BCUT2D eigenvalue weighted by molar-refractivity contribution is 6.47. The lowest BCUT2D eigenvalue weighted by Crippen LogP contribution is -2.11. The highest BCUT2D eigenvalue weighted by Crippen LogP contribution is 2.16. The molecule has 0 radical (unpaired) electrons. The van der Waals surface area contributed by atoms with Gasteiger partial charge in [-0.15, -0.1) is 0 Å². The van der Waals surface area contributed by atoms with E-state index in [1.54, 1.807) is 39.2 Å². The molecule has 1 aromatic heterocycles. The third kappa shape index (κ3) is 4.66. The number of fused-ring (bicyclic) bond motifs is 1. The zero-order valence-electron chi connectivity index (χ0n) is 15.5. The van der Waals surface area contributed by atoms with Crippen LogP contribution >= 0.6 is 0 Å². The molecule has 0 spiro atoms. The monoisotopic (exact) mass is 349 g/mol. The van der Waals surface area contributed by atoms with Crippen molar-refractivity contribution >= 4 is 28.1 Å². The van der Waals surface area contributed by atoms with Gasteiger partial charge in [0.25, 0.3) is 0 Å². The Hall–Kier alpha value is -3.21. The molecule has 3 aromatic rings. The van der Waals surface area contributed by atoms with Crippen molar-refractivity contribution in [1.82, 2.24) is 0 Å². The second kappa shape index (κ2) is 8.76. The van der Waals surface area contributed by atoms with Crippen LogP contribution in [-0.4, -0.2) is 25.5 Å². The van der Waals surface area contributed by atoms with Crippen molar-refractivity contribution in [2.75, 3.05) is 19.8 Å². The van der Waals surface area contributed by atoms with Crippen LogP contribution in [0.15, 0.2) is 73.8 Å². The maximum atomic E-state index is 11.1. The van der Waals surface area contributed by atoms with Gasteiger partial charge in [-0.3, -0.25) is 9.98 Å². The summed E-state index contributed by atoms with van der Waals surface area (Å²) in [4.78, 5) is 19.5. The Balaban J connectivity index is 0.000000187. The first kappa shape index (κ1) is 19.1. The molecule has 0 atom stereocenters. The van der Waals surface area contributed by atoms with Gasteiger partial charge in [-0.25, -0.2) is 4.79 Å². The normalized spacial score (nSPS) is 11.8. The average Bonchev–Trinajstić information content (AvgIpc) is 2.65. The third-order valence-corrected chi connectivity index (χ3v) is 3.88. The van der Waals surface area contributed by atoms with Crippen molar-refractivity contribution in [1.29, 1.82) is 0 Å². The molecule has 2 aromatic carbocycles. The summed E-state index contributed by atoms with van der Waals surface area (Å²) in [5, 5.41) is 0.895. The molecule has 134 valence electrons. The lowest BCUT2D eigenvalue weighted by Gasteiger charge is -2.03. The van der Waals surface area contributed by atoms with Gasteiger partial charge in [-0.1, -0.05) is 30.3 Å². The van der Waals surface area contributed by atoms with Crippen LogP contribution in [0.5, 0.6) is 0 Å². The molecule has 0 aliphatic carbocycles. The Morgan fingerprint density at radius 2 is 1.69 bits per heavy atom. The van der Waals surface area contributed by atoms with Crippen LogP contribution < -0.4 is 11.4 Å². The fraction of sp³-hybridized carbons (Fsp3) is 0.190. The third-order valence-electron chi connectivity index (χ3n) is 3.88. The van der Waals surface area contributed by atoms with E-state index in [4.69, 9.17) is 10.2 Å². The first-order chi connectivity index (χ1) is 12.5. The van der Waals surface area contributed by atoms with Gasteiger partial charge in [0.1, 0.15) is 5.58 Å². The summed E-state index contributed by atoms with van der Waals surface area (Å²) < 4.78 is 5.04. The molecule has 5 heteroatoms. The molecule has 0 unspecified atom stereocenters. The smallest absolute Gasteiger partial charge is 0.339 e. The first-order valence-electron chi connectivity index (χ1n) is 8.22. The number of anilines is 1. The second-order valence-corrected chi connectivity index (χ2v) is 5.76. The largest absolute Gasteiger partial charge is 0.422 e. The van der Waals surface area contributed by atoms with Gasteiger partial charge in [0.2, 0.25) is 0 Å². The highest BCUT2D eigenvalue weighted by atomic mass is 16.4. The van der Waals surface area contributed by atoms with Crippen molar-refractivity contribution in [3.63, 3.8) is 0 Å². The van der Waals surface area contributed by atoms with Crippen LogP contribution in [-0.2, 0) is 0 Å². The van der Waals surface area contributed by atoms with Crippen LogP contribution in [0, 0.1) is 6.92 Å². The Bertz CT molecular complexity index is 1000. The number of hydrogen-bond donors (Lipinski definition) is 1. The lowest BCUT2D eigenvalue weighted by molar-refractivity contribution is 0.555. The van der Waals surface area contributed by atoms with E-state index in [1.165, 1.54) is 0 Å². The van der Waals surface area contributed by atoms with Crippen LogP contribution in [0.2, 0.25) is 0 Å². The van der Waals surface area contributed by atoms with E-state index >= 15 is 0 Å². The van der Waals surface area contributed by atoms with Gasteiger partial charge in [0.05, 0.1) is 11.4 Å². The SMILES string of the molecule is CN=C(C)C(=NC)c1ccccc1.Cc1cc2ccc(N)cc2oc1=O. The predicted molar refractivity (Wildman–Crippen MR) is 110 cm³/mol. The Kier molecular flexibility index (Phi) is 6.44. The number of aliphatic imine (C=N–C) groups is 2. The Labute approximate surface area is 152 Å². The molecule has 3 rings (SSSR count). The van der Waals surface area contributed by atoms with Gasteiger partial charge in [-0.05, 0) is 32.0 Å². The van der Waals surface area contributed by atoms with Gasteiger partial charge in [0.15, 0.2) is 0 Å². The molecule has 26 heavy (non-hydrogen) atoms. The number of benzene rings is 2. The molecular formula is C21H23N3O2. The summed E-state index contributed by atoms with van der Waals surface area (Å²) in [5.74, 6) is 0. The van der Waals surface area contributed by atoms with Gasteiger partial charge in [-0.2, -0.15) is 0 Å². The maximum Gasteiger partial charge on any atom is 0.339 e. The number of nitrogen functional groups attached to an aromatic ring is 1. The minimum absolute atomic E-state index is 0.307. The zero-order valence-corrected chi connectivity index (χ0v) is 15.5. The molecule has 0 aliphatic heterocycles. The van der Waals surface area contributed by atoms with E-state index in [1.807, 2.05) is 43.3 Å². The summed E-state index contributed by atoms with van der Waals surface area (Å²) in [6.07, 6.45) is 0. The minimum Gasteiger partial charge on any atom is -0.422 e. The molecule has 5 nitrogen and oxygen atoms in total. The molecule has 0 aliphatic rings. The summed E-state index contributed by atoms with van der Waals surface area (Å²) in [7, 11) is 3.57. The van der Waals surface area contributed by atoms with Crippen LogP contribution in [0.25, 0.3) is 11.0 Å². The fourth-order valence-corrected chi connectivity index (χ4v) is 2.43. The van der Waals surface area contributed by atoms with Crippen LogP contribution in [0.3, 0.4) is 0 Å². The van der Waals surface area contributed by atoms with Crippen LogP contribution in [0.4, 0.5) is 5.69 Å². The zero-order chi connectivity index (χ0) is 19.1. The van der Waals surface area contributed by atoms with E-state index in [-0.39, 0.29) is 5.63 Å². The van der Waals surface area contributed by atoms with E-state index in [0.717, 1.165) is 22.4 Å². The molecule has 0 fully saturated rings.